The molecule has 214 valence electrons. The summed E-state index contributed by atoms with van der Waals surface area (Å²) in [5, 5.41) is 5.24. The Balaban J connectivity index is 1.54. The van der Waals surface area contributed by atoms with Crippen molar-refractivity contribution >= 4 is 46.4 Å². The number of benzene rings is 1. The van der Waals surface area contributed by atoms with Crippen LogP contribution < -0.4 is 10.6 Å². The topological polar surface area (TPSA) is 148 Å². The molecule has 0 unspecified atom stereocenters. The highest BCUT2D eigenvalue weighted by molar-refractivity contribution is 8.15. The van der Waals surface area contributed by atoms with Crippen molar-refractivity contribution in [1.29, 1.82) is 0 Å². The normalized spacial score (nSPS) is 14.2. The molecule has 0 aliphatic carbocycles. The van der Waals surface area contributed by atoms with Crippen molar-refractivity contribution in [3.63, 3.8) is 0 Å². The Morgan fingerprint density at radius 1 is 1.00 bits per heavy atom. The highest BCUT2D eigenvalue weighted by atomic mass is 32.2. The van der Waals surface area contributed by atoms with Gasteiger partial charge in [-0.3, -0.25) is 38.2 Å². The lowest BCUT2D eigenvalue weighted by Crippen LogP contribution is -2.57. The Labute approximate surface area is 237 Å². The maximum absolute atomic E-state index is 13.3. The lowest BCUT2D eigenvalue weighted by molar-refractivity contribution is -0.130. The molecule has 11 nitrogen and oxygen atoms in total. The van der Waals surface area contributed by atoms with Crippen LogP contribution in [0.2, 0.25) is 0 Å². The second-order valence-corrected chi connectivity index (χ2v) is 11.5. The van der Waals surface area contributed by atoms with E-state index in [1.165, 1.54) is 28.9 Å². The van der Waals surface area contributed by atoms with Crippen molar-refractivity contribution in [3.05, 3.63) is 54.1 Å². The SMILES string of the molecule is CC(=O)S[C@@](CC(C)C)(NC(=O)CCCCN1C(=O)c2ccccc2C1=O)C(=O)NCCCC(=O)n1ccnc1. The number of nitrogens with zero attached hydrogens (tertiary/aromatic N) is 3. The highest BCUT2D eigenvalue weighted by Crippen LogP contribution is 2.31. The van der Waals surface area contributed by atoms with Crippen LogP contribution in [0.15, 0.2) is 43.0 Å². The van der Waals surface area contributed by atoms with Crippen LogP contribution in [0.4, 0.5) is 0 Å². The number of imide groups is 1. The fraction of sp³-hybridized carbons (Fsp3) is 0.464. The molecule has 1 aliphatic heterocycles. The number of amides is 4. The first-order valence-electron chi connectivity index (χ1n) is 13.3. The third-order valence-electron chi connectivity index (χ3n) is 6.28. The van der Waals surface area contributed by atoms with Crippen molar-refractivity contribution in [3.8, 4) is 0 Å². The molecule has 0 fully saturated rings. The van der Waals surface area contributed by atoms with Gasteiger partial charge in [0.1, 0.15) is 6.33 Å². The molecule has 0 saturated carbocycles. The molecule has 2 aromatic rings. The number of rotatable bonds is 14. The summed E-state index contributed by atoms with van der Waals surface area (Å²) in [4.78, 5) is 79.2. The van der Waals surface area contributed by atoms with Crippen molar-refractivity contribution in [2.45, 2.75) is 64.2 Å². The smallest absolute Gasteiger partial charge is 0.261 e. The van der Waals surface area contributed by atoms with Gasteiger partial charge in [0.25, 0.3) is 17.7 Å². The van der Waals surface area contributed by atoms with Crippen LogP contribution in [0.5, 0.6) is 0 Å². The van der Waals surface area contributed by atoms with Gasteiger partial charge in [0.2, 0.25) is 11.8 Å². The van der Waals surface area contributed by atoms with Crippen LogP contribution in [0, 0.1) is 5.92 Å². The first kappa shape index (κ1) is 30.7. The maximum atomic E-state index is 13.3. The average molecular weight is 570 g/mol. The molecule has 0 saturated heterocycles. The van der Waals surface area contributed by atoms with E-state index in [1.54, 1.807) is 30.5 Å². The second-order valence-electron chi connectivity index (χ2n) is 10.1. The van der Waals surface area contributed by atoms with Gasteiger partial charge >= 0.3 is 0 Å². The van der Waals surface area contributed by atoms with Crippen molar-refractivity contribution in [1.82, 2.24) is 25.1 Å². The lowest BCUT2D eigenvalue weighted by Gasteiger charge is -2.33. The Morgan fingerprint density at radius 3 is 2.25 bits per heavy atom. The van der Waals surface area contributed by atoms with Gasteiger partial charge in [0, 0.05) is 45.2 Å². The third kappa shape index (κ3) is 7.87. The van der Waals surface area contributed by atoms with E-state index in [0.717, 1.165) is 11.8 Å². The number of aromatic nitrogens is 2. The number of carbonyl (C=O) groups is 6. The van der Waals surface area contributed by atoms with E-state index in [4.69, 9.17) is 0 Å². The average Bonchev–Trinajstić information content (AvgIpc) is 3.51. The summed E-state index contributed by atoms with van der Waals surface area (Å²) >= 11 is 0.768. The zero-order chi connectivity index (χ0) is 29.3. The molecule has 2 heterocycles. The maximum Gasteiger partial charge on any atom is 0.261 e. The van der Waals surface area contributed by atoms with E-state index >= 15 is 0 Å². The van der Waals surface area contributed by atoms with Crippen LogP contribution in [0.1, 0.15) is 84.8 Å². The first-order valence-corrected chi connectivity index (χ1v) is 14.1. The number of thioether (sulfide) groups is 1. The zero-order valence-electron chi connectivity index (χ0n) is 23.0. The predicted octanol–water partition coefficient (Wildman–Crippen LogP) is 3.02. The molecule has 0 spiro atoms. The standard InChI is InChI=1S/C28H35N5O6S/c1-19(2)17-28(40-20(3)34,27(39)30-13-8-12-24(36)32-16-14-29-18-32)31-23(35)11-6-7-15-33-25(37)21-9-4-5-10-22(21)26(33)38/h4-5,9-10,14,16,18-19H,6-8,11-13,15,17H2,1-3H3,(H,30,39)(H,31,35)/t28-/m1/s1. The predicted molar refractivity (Wildman–Crippen MR) is 149 cm³/mol. The molecule has 1 aromatic carbocycles. The second kappa shape index (κ2) is 14.0. The highest BCUT2D eigenvalue weighted by Gasteiger charge is 2.42. The third-order valence-corrected chi connectivity index (χ3v) is 7.37. The van der Waals surface area contributed by atoms with Gasteiger partial charge in [-0.05, 0) is 43.7 Å². The number of carbonyl (C=O) groups excluding carboxylic acids is 6. The summed E-state index contributed by atoms with van der Waals surface area (Å²) in [5.74, 6) is -1.79. The van der Waals surface area contributed by atoms with Crippen molar-refractivity contribution in [2.24, 2.45) is 5.92 Å². The van der Waals surface area contributed by atoms with Crippen molar-refractivity contribution < 1.29 is 28.8 Å². The fourth-order valence-electron chi connectivity index (χ4n) is 4.54. The number of fused-ring (bicyclic) bond motifs is 1. The van der Waals surface area contributed by atoms with Crippen LogP contribution in [-0.2, 0) is 14.4 Å². The molecule has 3 rings (SSSR count). The summed E-state index contributed by atoms with van der Waals surface area (Å²) in [6, 6.07) is 6.65. The summed E-state index contributed by atoms with van der Waals surface area (Å²) in [6.45, 7) is 5.48. The van der Waals surface area contributed by atoms with E-state index < -0.39 is 16.7 Å². The Bertz CT molecular complexity index is 1230. The van der Waals surface area contributed by atoms with E-state index in [1.807, 2.05) is 13.8 Å². The van der Waals surface area contributed by atoms with E-state index in [0.29, 0.717) is 30.4 Å². The number of hydrogen-bond donors (Lipinski definition) is 2. The Hall–Kier alpha value is -3.80. The van der Waals surface area contributed by atoms with Gasteiger partial charge in [-0.25, -0.2) is 4.98 Å². The van der Waals surface area contributed by atoms with Gasteiger partial charge < -0.3 is 10.6 Å². The van der Waals surface area contributed by atoms with Gasteiger partial charge in [0.05, 0.1) is 11.1 Å². The molecular formula is C28H35N5O6S. The molecule has 40 heavy (non-hydrogen) atoms. The first-order chi connectivity index (χ1) is 19.0. The minimum atomic E-state index is -1.51. The lowest BCUT2D eigenvalue weighted by atomic mass is 10.0. The van der Waals surface area contributed by atoms with E-state index in [-0.39, 0.29) is 61.1 Å². The number of hydrogen-bond acceptors (Lipinski definition) is 8. The summed E-state index contributed by atoms with van der Waals surface area (Å²) in [7, 11) is 0. The van der Waals surface area contributed by atoms with Crippen LogP contribution >= 0.6 is 11.8 Å². The van der Waals surface area contributed by atoms with Gasteiger partial charge in [-0.1, -0.05) is 37.7 Å². The van der Waals surface area contributed by atoms with Crippen LogP contribution in [0.3, 0.4) is 0 Å². The number of nitrogens with one attached hydrogen (secondary N) is 2. The van der Waals surface area contributed by atoms with Gasteiger partial charge in [0.15, 0.2) is 9.99 Å². The zero-order valence-corrected chi connectivity index (χ0v) is 23.8. The quantitative estimate of drug-likeness (QED) is 0.200. The van der Waals surface area contributed by atoms with Crippen LogP contribution in [-0.4, -0.2) is 67.1 Å². The number of imidazole rings is 1. The minimum absolute atomic E-state index is 0.0189. The molecule has 4 amide bonds. The molecule has 0 radical (unpaired) electrons. The van der Waals surface area contributed by atoms with Crippen LogP contribution in [0.25, 0.3) is 0 Å². The molecule has 1 aromatic heterocycles. The molecular weight excluding hydrogens is 534 g/mol. The Morgan fingerprint density at radius 2 is 1.68 bits per heavy atom. The monoisotopic (exact) mass is 569 g/mol. The van der Waals surface area contributed by atoms with Gasteiger partial charge in [-0.2, -0.15) is 0 Å². The summed E-state index contributed by atoms with van der Waals surface area (Å²) in [5.41, 5.74) is 0.754. The largest absolute Gasteiger partial charge is 0.353 e. The molecule has 1 aliphatic rings. The summed E-state index contributed by atoms with van der Waals surface area (Å²) in [6.07, 6.45) is 6.08. The van der Waals surface area contributed by atoms with E-state index in [2.05, 4.69) is 15.6 Å². The Kier molecular flexibility index (Phi) is 10.8. The molecule has 2 N–H and O–H groups in total. The number of unbranched alkanes of at least 4 members (excludes halogenated alkanes) is 1. The minimum Gasteiger partial charge on any atom is -0.353 e. The summed E-state index contributed by atoms with van der Waals surface area (Å²) < 4.78 is 1.37. The van der Waals surface area contributed by atoms with E-state index in [9.17, 15) is 28.8 Å². The fourth-order valence-corrected chi connectivity index (χ4v) is 5.78. The molecule has 1 atom stereocenters. The van der Waals surface area contributed by atoms with Gasteiger partial charge in [-0.15, -0.1) is 0 Å². The molecule has 12 heteroatoms. The van der Waals surface area contributed by atoms with Crippen molar-refractivity contribution in [2.75, 3.05) is 13.1 Å². The molecule has 0 bridgehead atoms.